The normalized spacial score (nSPS) is 21.5. The summed E-state index contributed by atoms with van der Waals surface area (Å²) in [6.45, 7) is 4.88. The molecule has 4 nitrogen and oxygen atoms in total. The molecule has 0 aliphatic heterocycles. The van der Waals surface area contributed by atoms with Crippen molar-refractivity contribution in [2.24, 2.45) is 5.92 Å². The molecule has 5 heteroatoms. The van der Waals surface area contributed by atoms with E-state index in [1.54, 1.807) is 6.07 Å². The smallest absolute Gasteiger partial charge is 0.253 e. The van der Waals surface area contributed by atoms with Crippen molar-refractivity contribution in [2.45, 2.75) is 32.7 Å². The summed E-state index contributed by atoms with van der Waals surface area (Å²) in [4.78, 5) is 16.2. The van der Waals surface area contributed by atoms with Crippen LogP contribution in [0.3, 0.4) is 0 Å². The summed E-state index contributed by atoms with van der Waals surface area (Å²) in [7, 11) is 0. The Morgan fingerprint density at radius 1 is 1.56 bits per heavy atom. The Bertz CT molecular complexity index is 450. The van der Waals surface area contributed by atoms with Gasteiger partial charge in [-0.05, 0) is 25.3 Å². The highest BCUT2D eigenvalue weighted by molar-refractivity contribution is 6.33. The minimum absolute atomic E-state index is 0.109. The molecule has 1 amide bonds. The average Bonchev–Trinajstić information content (AvgIpc) is 3.10. The molecule has 1 aromatic rings. The van der Waals surface area contributed by atoms with Crippen LogP contribution in [0.4, 0.5) is 5.82 Å². The van der Waals surface area contributed by atoms with Crippen molar-refractivity contribution in [3.05, 3.63) is 22.8 Å². The maximum Gasteiger partial charge on any atom is 0.253 e. The van der Waals surface area contributed by atoms with Gasteiger partial charge >= 0.3 is 0 Å². The number of pyridine rings is 1. The van der Waals surface area contributed by atoms with Gasteiger partial charge in [-0.1, -0.05) is 24.9 Å². The van der Waals surface area contributed by atoms with Crippen molar-refractivity contribution in [3.8, 4) is 0 Å². The van der Waals surface area contributed by atoms with Gasteiger partial charge in [-0.2, -0.15) is 0 Å². The molecule has 0 radical (unpaired) electrons. The second-order valence-corrected chi connectivity index (χ2v) is 4.97. The number of aromatic nitrogens is 1. The summed E-state index contributed by atoms with van der Waals surface area (Å²) >= 11 is 6.01. The van der Waals surface area contributed by atoms with Gasteiger partial charge < -0.3 is 10.6 Å². The summed E-state index contributed by atoms with van der Waals surface area (Å²) in [5.74, 6) is 1.19. The van der Waals surface area contributed by atoms with E-state index in [0.717, 1.165) is 19.4 Å². The van der Waals surface area contributed by atoms with Crippen LogP contribution in [0.25, 0.3) is 0 Å². The quantitative estimate of drug-likeness (QED) is 0.862. The monoisotopic (exact) mass is 267 g/mol. The summed E-state index contributed by atoms with van der Waals surface area (Å²) in [6, 6.07) is 2.01. The second-order valence-electron chi connectivity index (χ2n) is 4.56. The van der Waals surface area contributed by atoms with Gasteiger partial charge in [0, 0.05) is 18.8 Å². The minimum atomic E-state index is -0.109. The number of hydrogen-bond donors (Lipinski definition) is 2. The van der Waals surface area contributed by atoms with Crippen LogP contribution in [-0.4, -0.2) is 23.5 Å². The number of anilines is 1. The van der Waals surface area contributed by atoms with E-state index >= 15 is 0 Å². The molecule has 0 aromatic carbocycles. The van der Waals surface area contributed by atoms with Crippen molar-refractivity contribution in [1.82, 2.24) is 10.3 Å². The molecule has 2 N–H and O–H groups in total. The van der Waals surface area contributed by atoms with E-state index in [0.29, 0.717) is 28.4 Å². The van der Waals surface area contributed by atoms with E-state index in [-0.39, 0.29) is 5.91 Å². The van der Waals surface area contributed by atoms with Gasteiger partial charge in [0.05, 0.1) is 10.6 Å². The van der Waals surface area contributed by atoms with Crippen molar-refractivity contribution in [3.63, 3.8) is 0 Å². The van der Waals surface area contributed by atoms with Gasteiger partial charge in [0.1, 0.15) is 5.82 Å². The molecule has 2 unspecified atom stereocenters. The summed E-state index contributed by atoms with van der Waals surface area (Å²) < 4.78 is 0. The van der Waals surface area contributed by atoms with Crippen LogP contribution in [0.2, 0.25) is 5.02 Å². The van der Waals surface area contributed by atoms with Gasteiger partial charge in [-0.15, -0.1) is 0 Å². The lowest BCUT2D eigenvalue weighted by Crippen LogP contribution is -2.27. The van der Waals surface area contributed by atoms with Gasteiger partial charge in [-0.3, -0.25) is 4.79 Å². The number of carbonyl (C=O) groups is 1. The van der Waals surface area contributed by atoms with Gasteiger partial charge in [0.2, 0.25) is 0 Å². The van der Waals surface area contributed by atoms with Crippen molar-refractivity contribution >= 4 is 23.3 Å². The first-order valence-corrected chi connectivity index (χ1v) is 6.73. The Morgan fingerprint density at radius 3 is 2.94 bits per heavy atom. The van der Waals surface area contributed by atoms with Crippen LogP contribution in [0.5, 0.6) is 0 Å². The standard InChI is InChI=1S/C13H18ClN3O/c1-3-8-5-11(8)17-13(18)9-6-12(15-4-2)16-7-10(9)14/h6-8,11H,3-5H2,1-2H3,(H,15,16)(H,17,18). The minimum Gasteiger partial charge on any atom is -0.370 e. The third-order valence-corrected chi connectivity index (χ3v) is 3.52. The van der Waals surface area contributed by atoms with Gasteiger partial charge in [0.25, 0.3) is 5.91 Å². The Morgan fingerprint density at radius 2 is 2.33 bits per heavy atom. The molecule has 1 fully saturated rings. The Kier molecular flexibility index (Phi) is 4.07. The van der Waals surface area contributed by atoms with Crippen LogP contribution >= 0.6 is 11.6 Å². The van der Waals surface area contributed by atoms with Crippen LogP contribution in [0.15, 0.2) is 12.3 Å². The first-order chi connectivity index (χ1) is 8.65. The number of amides is 1. The zero-order valence-corrected chi connectivity index (χ0v) is 11.4. The molecule has 0 saturated heterocycles. The predicted molar refractivity (Wildman–Crippen MR) is 73.1 cm³/mol. The highest BCUT2D eigenvalue weighted by atomic mass is 35.5. The molecule has 1 aromatic heterocycles. The zero-order valence-electron chi connectivity index (χ0n) is 10.7. The number of hydrogen-bond acceptors (Lipinski definition) is 3. The highest BCUT2D eigenvalue weighted by Gasteiger charge is 2.36. The molecular formula is C13H18ClN3O. The van der Waals surface area contributed by atoms with E-state index in [1.807, 2.05) is 6.92 Å². The lowest BCUT2D eigenvalue weighted by Gasteiger charge is -2.08. The largest absolute Gasteiger partial charge is 0.370 e. The Balaban J connectivity index is 2.06. The number of halogens is 1. The van der Waals surface area contributed by atoms with Crippen molar-refractivity contribution in [1.29, 1.82) is 0 Å². The fourth-order valence-electron chi connectivity index (χ4n) is 2.01. The van der Waals surface area contributed by atoms with E-state index in [9.17, 15) is 4.79 Å². The van der Waals surface area contributed by atoms with Crippen molar-refractivity contribution < 1.29 is 4.79 Å². The molecule has 0 bridgehead atoms. The second kappa shape index (κ2) is 5.57. The maximum atomic E-state index is 12.1. The van der Waals surface area contributed by atoms with Crippen LogP contribution < -0.4 is 10.6 Å². The lowest BCUT2D eigenvalue weighted by molar-refractivity contribution is 0.0949. The van der Waals surface area contributed by atoms with Crippen LogP contribution in [-0.2, 0) is 0 Å². The predicted octanol–water partition coefficient (Wildman–Crippen LogP) is 2.70. The first-order valence-electron chi connectivity index (χ1n) is 6.36. The van der Waals surface area contributed by atoms with Crippen LogP contribution in [0, 0.1) is 5.92 Å². The van der Waals surface area contributed by atoms with E-state index < -0.39 is 0 Å². The third kappa shape index (κ3) is 2.93. The third-order valence-electron chi connectivity index (χ3n) is 3.22. The Labute approximate surface area is 112 Å². The Hall–Kier alpha value is -1.29. The van der Waals surface area contributed by atoms with E-state index in [1.165, 1.54) is 6.20 Å². The fraction of sp³-hybridized carbons (Fsp3) is 0.538. The maximum absolute atomic E-state index is 12.1. The molecular weight excluding hydrogens is 250 g/mol. The van der Waals surface area contributed by atoms with Crippen molar-refractivity contribution in [2.75, 3.05) is 11.9 Å². The lowest BCUT2D eigenvalue weighted by atomic mass is 10.2. The molecule has 1 aliphatic rings. The molecule has 1 heterocycles. The molecule has 2 rings (SSSR count). The number of rotatable bonds is 5. The van der Waals surface area contributed by atoms with Crippen LogP contribution in [0.1, 0.15) is 37.0 Å². The summed E-state index contributed by atoms with van der Waals surface area (Å²) in [5.41, 5.74) is 0.490. The molecule has 2 atom stereocenters. The molecule has 18 heavy (non-hydrogen) atoms. The van der Waals surface area contributed by atoms with Gasteiger partial charge in [-0.25, -0.2) is 4.98 Å². The molecule has 98 valence electrons. The molecule has 1 aliphatic carbocycles. The van der Waals surface area contributed by atoms with E-state index in [4.69, 9.17) is 11.6 Å². The summed E-state index contributed by atoms with van der Waals surface area (Å²) in [6.07, 6.45) is 3.70. The average molecular weight is 268 g/mol. The topological polar surface area (TPSA) is 54.0 Å². The first kappa shape index (κ1) is 13.1. The number of nitrogens with zero attached hydrogens (tertiary/aromatic N) is 1. The number of carbonyl (C=O) groups excluding carboxylic acids is 1. The zero-order chi connectivity index (χ0) is 13.1. The summed E-state index contributed by atoms with van der Waals surface area (Å²) in [5, 5.41) is 6.46. The fourth-order valence-corrected chi connectivity index (χ4v) is 2.20. The molecule has 0 spiro atoms. The molecule has 1 saturated carbocycles. The highest BCUT2D eigenvalue weighted by Crippen LogP contribution is 2.33. The van der Waals surface area contributed by atoms with E-state index in [2.05, 4.69) is 22.5 Å². The number of nitrogens with one attached hydrogen (secondary N) is 2. The SMILES string of the molecule is CCNc1cc(C(=O)NC2CC2CC)c(Cl)cn1. The van der Waals surface area contributed by atoms with Gasteiger partial charge in [0.15, 0.2) is 0 Å².